The molecule has 1 aromatic heterocycles. The monoisotopic (exact) mass is 272 g/mol. The molecule has 3 rings (SSSR count). The van der Waals surface area contributed by atoms with E-state index in [1.807, 2.05) is 31.2 Å². The van der Waals surface area contributed by atoms with E-state index in [4.69, 9.17) is 4.74 Å². The van der Waals surface area contributed by atoms with Gasteiger partial charge in [-0.05, 0) is 19.1 Å². The Morgan fingerprint density at radius 3 is 3.15 bits per heavy atom. The van der Waals surface area contributed by atoms with Gasteiger partial charge in [-0.2, -0.15) is 0 Å². The molecule has 0 saturated heterocycles. The molecule has 104 valence electrons. The number of rotatable bonds is 3. The summed E-state index contributed by atoms with van der Waals surface area (Å²) >= 11 is 0. The largest absolute Gasteiger partial charge is 0.477 e. The van der Waals surface area contributed by atoms with Crippen LogP contribution in [0.4, 0.5) is 5.69 Å². The predicted molar refractivity (Wildman–Crippen MR) is 74.5 cm³/mol. The van der Waals surface area contributed by atoms with Crippen molar-refractivity contribution in [2.45, 2.75) is 19.1 Å². The highest BCUT2D eigenvalue weighted by molar-refractivity contribution is 5.83. The molecule has 3 N–H and O–H groups in total. The fraction of sp³-hybridized carbons (Fsp3) is 0.286. The Morgan fingerprint density at radius 1 is 1.50 bits per heavy atom. The smallest absolute Gasteiger partial charge is 0.263 e. The number of aromatic nitrogens is 2. The summed E-state index contributed by atoms with van der Waals surface area (Å²) in [4.78, 5) is 19.3. The number of hydrogen-bond donors (Lipinski definition) is 3. The van der Waals surface area contributed by atoms with Gasteiger partial charge in [-0.25, -0.2) is 4.98 Å². The third kappa shape index (κ3) is 2.45. The number of benzene rings is 1. The first kappa shape index (κ1) is 12.5. The molecule has 0 radical (unpaired) electrons. The molecule has 1 aliphatic heterocycles. The van der Waals surface area contributed by atoms with Gasteiger partial charge < -0.3 is 20.4 Å². The zero-order chi connectivity index (χ0) is 13.9. The van der Waals surface area contributed by atoms with Crippen LogP contribution in [0.25, 0.3) is 0 Å². The first-order valence-corrected chi connectivity index (χ1v) is 6.53. The summed E-state index contributed by atoms with van der Waals surface area (Å²) in [7, 11) is 0. The third-order valence-corrected chi connectivity index (χ3v) is 3.21. The standard InChI is InChI=1S/C14H16N4O2/c1-9(13-15-6-7-16-13)18-14(19)12-8-17-10-4-2-3-5-11(10)20-12/h2-7,9,12,17H,8H2,1H3,(H,15,16)(H,18,19). The zero-order valence-electron chi connectivity index (χ0n) is 11.1. The molecular formula is C14H16N4O2. The molecule has 2 aromatic rings. The molecule has 2 unspecified atom stereocenters. The van der Waals surface area contributed by atoms with Gasteiger partial charge in [0.25, 0.3) is 5.91 Å². The van der Waals surface area contributed by atoms with E-state index in [2.05, 4.69) is 20.6 Å². The molecular weight excluding hydrogens is 256 g/mol. The summed E-state index contributed by atoms with van der Waals surface area (Å²) in [5.41, 5.74) is 0.913. The minimum atomic E-state index is -0.540. The molecule has 20 heavy (non-hydrogen) atoms. The lowest BCUT2D eigenvalue weighted by Crippen LogP contribution is -2.45. The van der Waals surface area contributed by atoms with Crippen molar-refractivity contribution in [3.05, 3.63) is 42.5 Å². The Hall–Kier alpha value is -2.50. The number of H-pyrrole nitrogens is 1. The number of nitrogens with one attached hydrogen (secondary N) is 3. The van der Waals surface area contributed by atoms with Gasteiger partial charge in [-0.1, -0.05) is 12.1 Å². The number of imidazole rings is 1. The molecule has 0 bridgehead atoms. The Kier molecular flexibility index (Phi) is 3.28. The fourth-order valence-corrected chi connectivity index (χ4v) is 2.15. The van der Waals surface area contributed by atoms with E-state index in [1.165, 1.54) is 0 Å². The number of anilines is 1. The van der Waals surface area contributed by atoms with Gasteiger partial charge in [0.1, 0.15) is 11.6 Å². The molecule has 2 heterocycles. The second kappa shape index (κ2) is 5.24. The maximum absolute atomic E-state index is 12.2. The molecule has 0 fully saturated rings. The molecule has 2 atom stereocenters. The molecule has 1 aliphatic rings. The van der Waals surface area contributed by atoms with Gasteiger partial charge in [-0.15, -0.1) is 0 Å². The van der Waals surface area contributed by atoms with Crippen molar-refractivity contribution < 1.29 is 9.53 Å². The number of carbonyl (C=O) groups excluding carboxylic acids is 1. The molecule has 6 heteroatoms. The highest BCUT2D eigenvalue weighted by Crippen LogP contribution is 2.28. The molecule has 6 nitrogen and oxygen atoms in total. The maximum Gasteiger partial charge on any atom is 0.263 e. The van der Waals surface area contributed by atoms with Crippen LogP contribution in [0.3, 0.4) is 0 Å². The minimum absolute atomic E-state index is 0.157. The van der Waals surface area contributed by atoms with Gasteiger partial charge in [0.2, 0.25) is 0 Å². The number of amides is 1. The number of aromatic amines is 1. The zero-order valence-corrected chi connectivity index (χ0v) is 11.1. The van der Waals surface area contributed by atoms with Gasteiger partial charge >= 0.3 is 0 Å². The van der Waals surface area contributed by atoms with Gasteiger partial charge in [-0.3, -0.25) is 4.79 Å². The summed E-state index contributed by atoms with van der Waals surface area (Å²) in [5.74, 6) is 1.27. The number of hydrogen-bond acceptors (Lipinski definition) is 4. The molecule has 0 aliphatic carbocycles. The number of carbonyl (C=O) groups is 1. The number of fused-ring (bicyclic) bond motifs is 1. The van der Waals surface area contributed by atoms with E-state index in [0.29, 0.717) is 12.3 Å². The summed E-state index contributed by atoms with van der Waals surface area (Å²) in [6, 6.07) is 7.39. The highest BCUT2D eigenvalue weighted by atomic mass is 16.5. The number of para-hydroxylation sites is 2. The van der Waals surface area contributed by atoms with Crippen LogP contribution in [0.1, 0.15) is 18.8 Å². The van der Waals surface area contributed by atoms with Crippen LogP contribution < -0.4 is 15.4 Å². The summed E-state index contributed by atoms with van der Waals surface area (Å²) in [6.07, 6.45) is 2.85. The van der Waals surface area contributed by atoms with Crippen molar-refractivity contribution in [3.8, 4) is 5.75 Å². The second-order valence-corrected chi connectivity index (χ2v) is 4.69. The Labute approximate surface area is 116 Å². The van der Waals surface area contributed by atoms with E-state index in [1.54, 1.807) is 12.4 Å². The predicted octanol–water partition coefficient (Wildman–Crippen LogP) is 1.46. The SMILES string of the molecule is CC(NC(=O)C1CNc2ccccc2O1)c1ncc[nH]1. The van der Waals surface area contributed by atoms with E-state index in [0.717, 1.165) is 11.5 Å². The first-order chi connectivity index (χ1) is 9.74. The average molecular weight is 272 g/mol. The van der Waals surface area contributed by atoms with Crippen molar-refractivity contribution in [1.29, 1.82) is 0 Å². The maximum atomic E-state index is 12.2. The first-order valence-electron chi connectivity index (χ1n) is 6.53. The van der Waals surface area contributed by atoms with E-state index in [-0.39, 0.29) is 11.9 Å². The minimum Gasteiger partial charge on any atom is -0.477 e. The Balaban J connectivity index is 1.64. The quantitative estimate of drug-likeness (QED) is 0.790. The van der Waals surface area contributed by atoms with Gasteiger partial charge in [0.15, 0.2) is 6.10 Å². The second-order valence-electron chi connectivity index (χ2n) is 4.69. The molecule has 0 spiro atoms. The highest BCUT2D eigenvalue weighted by Gasteiger charge is 2.27. The van der Waals surface area contributed by atoms with Crippen molar-refractivity contribution in [1.82, 2.24) is 15.3 Å². The van der Waals surface area contributed by atoms with Crippen molar-refractivity contribution in [2.24, 2.45) is 0 Å². The summed E-state index contributed by atoms with van der Waals surface area (Å²) in [6.45, 7) is 2.33. The lowest BCUT2D eigenvalue weighted by Gasteiger charge is -2.27. The van der Waals surface area contributed by atoms with E-state index >= 15 is 0 Å². The molecule has 1 aromatic carbocycles. The van der Waals surface area contributed by atoms with Crippen LogP contribution in [-0.4, -0.2) is 28.5 Å². The van der Waals surface area contributed by atoms with Crippen molar-refractivity contribution in [3.63, 3.8) is 0 Å². The third-order valence-electron chi connectivity index (χ3n) is 3.21. The fourth-order valence-electron chi connectivity index (χ4n) is 2.15. The van der Waals surface area contributed by atoms with E-state index < -0.39 is 6.10 Å². The molecule has 1 amide bonds. The van der Waals surface area contributed by atoms with Gasteiger partial charge in [0, 0.05) is 12.4 Å². The summed E-state index contributed by atoms with van der Waals surface area (Å²) < 4.78 is 5.71. The summed E-state index contributed by atoms with van der Waals surface area (Å²) in [5, 5.41) is 6.08. The van der Waals surface area contributed by atoms with Crippen LogP contribution in [0.15, 0.2) is 36.7 Å². The van der Waals surface area contributed by atoms with Crippen molar-refractivity contribution >= 4 is 11.6 Å². The van der Waals surface area contributed by atoms with Crippen LogP contribution in [-0.2, 0) is 4.79 Å². The Bertz CT molecular complexity index is 597. The van der Waals surface area contributed by atoms with Crippen LogP contribution >= 0.6 is 0 Å². The number of ether oxygens (including phenoxy) is 1. The normalized spacial score (nSPS) is 18.4. The van der Waals surface area contributed by atoms with Crippen molar-refractivity contribution in [2.75, 3.05) is 11.9 Å². The lowest BCUT2D eigenvalue weighted by molar-refractivity contribution is -0.128. The van der Waals surface area contributed by atoms with E-state index in [9.17, 15) is 4.79 Å². The van der Waals surface area contributed by atoms with Crippen LogP contribution in [0.2, 0.25) is 0 Å². The average Bonchev–Trinajstić information content (AvgIpc) is 3.01. The Morgan fingerprint density at radius 2 is 2.35 bits per heavy atom. The van der Waals surface area contributed by atoms with Crippen LogP contribution in [0, 0.1) is 0 Å². The molecule has 0 saturated carbocycles. The topological polar surface area (TPSA) is 79.0 Å². The number of nitrogens with zero attached hydrogens (tertiary/aromatic N) is 1. The van der Waals surface area contributed by atoms with Crippen LogP contribution in [0.5, 0.6) is 5.75 Å². The lowest BCUT2D eigenvalue weighted by atomic mass is 10.2. The van der Waals surface area contributed by atoms with Gasteiger partial charge in [0.05, 0.1) is 18.3 Å².